The Balaban J connectivity index is 2.05. The monoisotopic (exact) mass is 232 g/mol. The van der Waals surface area contributed by atoms with E-state index in [2.05, 4.69) is 0 Å². The second-order valence-corrected chi connectivity index (χ2v) is 3.61. The van der Waals surface area contributed by atoms with Crippen LogP contribution in [-0.2, 0) is 6.61 Å². The Morgan fingerprint density at radius 1 is 0.882 bits per heavy atom. The fraction of sp³-hybridized carbons (Fsp3) is 0.0769. The maximum absolute atomic E-state index is 9.27. The van der Waals surface area contributed by atoms with Gasteiger partial charge in [-0.25, -0.2) is 0 Å². The van der Waals surface area contributed by atoms with Crippen molar-refractivity contribution in [3.05, 3.63) is 48.0 Å². The minimum atomic E-state index is -0.224. The lowest BCUT2D eigenvalue weighted by molar-refractivity contribution is 0.302. The fourth-order valence-corrected chi connectivity index (χ4v) is 1.41. The third kappa shape index (κ3) is 2.81. The molecule has 0 atom stereocenters. The van der Waals surface area contributed by atoms with Gasteiger partial charge < -0.3 is 20.1 Å². The summed E-state index contributed by atoms with van der Waals surface area (Å²) in [4.78, 5) is 0. The second kappa shape index (κ2) is 4.65. The quantitative estimate of drug-likeness (QED) is 0.710. The molecule has 0 unspecified atom stereocenters. The van der Waals surface area contributed by atoms with Crippen molar-refractivity contribution in [2.24, 2.45) is 0 Å². The summed E-state index contributed by atoms with van der Waals surface area (Å²) in [6, 6.07) is 11.0. The zero-order chi connectivity index (χ0) is 12.3. The van der Waals surface area contributed by atoms with Crippen molar-refractivity contribution in [3.63, 3.8) is 0 Å². The maximum atomic E-state index is 9.27. The predicted molar refractivity (Wildman–Crippen MR) is 62.2 cm³/mol. The van der Waals surface area contributed by atoms with Gasteiger partial charge in [-0.3, -0.25) is 0 Å². The summed E-state index contributed by atoms with van der Waals surface area (Å²) in [5.41, 5.74) is 0.817. The SMILES string of the molecule is Oc1cccc(COc2ccc(O)c(O)c2)c1. The standard InChI is InChI=1S/C13H12O4/c14-10-3-1-2-9(6-10)8-17-11-4-5-12(15)13(16)7-11/h1-7,14-16H,8H2. The molecule has 0 saturated heterocycles. The van der Waals surface area contributed by atoms with Crippen LogP contribution >= 0.6 is 0 Å². The smallest absolute Gasteiger partial charge is 0.161 e. The number of hydrogen-bond donors (Lipinski definition) is 3. The number of benzene rings is 2. The zero-order valence-electron chi connectivity index (χ0n) is 9.00. The Kier molecular flexibility index (Phi) is 3.05. The van der Waals surface area contributed by atoms with Crippen molar-refractivity contribution in [2.75, 3.05) is 0 Å². The Morgan fingerprint density at radius 2 is 1.71 bits per heavy atom. The molecule has 0 aliphatic carbocycles. The molecule has 4 heteroatoms. The van der Waals surface area contributed by atoms with E-state index in [4.69, 9.17) is 9.84 Å². The van der Waals surface area contributed by atoms with Crippen molar-refractivity contribution >= 4 is 0 Å². The van der Waals surface area contributed by atoms with E-state index in [0.717, 1.165) is 5.56 Å². The van der Waals surface area contributed by atoms with Gasteiger partial charge in [-0.1, -0.05) is 12.1 Å². The molecule has 17 heavy (non-hydrogen) atoms. The topological polar surface area (TPSA) is 69.9 Å². The molecule has 2 rings (SSSR count). The molecule has 0 spiro atoms. The molecular weight excluding hydrogens is 220 g/mol. The van der Waals surface area contributed by atoms with Crippen LogP contribution in [0.4, 0.5) is 0 Å². The van der Waals surface area contributed by atoms with E-state index in [-0.39, 0.29) is 23.9 Å². The van der Waals surface area contributed by atoms with Gasteiger partial charge in [0.05, 0.1) is 0 Å². The van der Waals surface area contributed by atoms with Crippen LogP contribution in [-0.4, -0.2) is 15.3 Å². The van der Waals surface area contributed by atoms with Crippen LogP contribution in [0.2, 0.25) is 0 Å². The number of phenolic OH excluding ortho intramolecular Hbond substituents is 3. The first-order valence-corrected chi connectivity index (χ1v) is 5.08. The van der Waals surface area contributed by atoms with E-state index in [1.807, 2.05) is 6.07 Å². The van der Waals surface area contributed by atoms with Crippen molar-refractivity contribution in [3.8, 4) is 23.0 Å². The third-order valence-corrected chi connectivity index (χ3v) is 2.26. The van der Waals surface area contributed by atoms with Crippen LogP contribution in [0.1, 0.15) is 5.56 Å². The number of rotatable bonds is 3. The first-order chi connectivity index (χ1) is 8.15. The molecule has 0 aromatic heterocycles. The molecule has 0 amide bonds. The van der Waals surface area contributed by atoms with Gasteiger partial charge in [0, 0.05) is 6.07 Å². The summed E-state index contributed by atoms with van der Waals surface area (Å²) in [7, 11) is 0. The van der Waals surface area contributed by atoms with Crippen LogP contribution in [0.5, 0.6) is 23.0 Å². The van der Waals surface area contributed by atoms with Gasteiger partial charge in [-0.2, -0.15) is 0 Å². The van der Waals surface area contributed by atoms with E-state index in [1.54, 1.807) is 24.3 Å². The molecule has 3 N–H and O–H groups in total. The summed E-state index contributed by atoms with van der Waals surface area (Å²) in [5, 5.41) is 27.7. The van der Waals surface area contributed by atoms with Crippen molar-refractivity contribution in [1.29, 1.82) is 0 Å². The third-order valence-electron chi connectivity index (χ3n) is 2.26. The highest BCUT2D eigenvalue weighted by Gasteiger charge is 2.02. The minimum absolute atomic E-state index is 0.180. The molecule has 0 aliphatic rings. The van der Waals surface area contributed by atoms with Gasteiger partial charge in [0.25, 0.3) is 0 Å². The Labute approximate surface area is 98.3 Å². The highest BCUT2D eigenvalue weighted by molar-refractivity contribution is 5.43. The summed E-state index contributed by atoms with van der Waals surface area (Å²) < 4.78 is 5.40. The van der Waals surface area contributed by atoms with E-state index in [9.17, 15) is 10.2 Å². The van der Waals surface area contributed by atoms with Gasteiger partial charge in [0.1, 0.15) is 18.1 Å². The molecule has 0 heterocycles. The molecule has 0 bridgehead atoms. The normalized spacial score (nSPS) is 10.1. The summed E-state index contributed by atoms with van der Waals surface area (Å²) >= 11 is 0. The van der Waals surface area contributed by atoms with E-state index in [0.29, 0.717) is 5.75 Å². The molecule has 0 saturated carbocycles. The average molecular weight is 232 g/mol. The first-order valence-electron chi connectivity index (χ1n) is 5.08. The van der Waals surface area contributed by atoms with Gasteiger partial charge in [-0.05, 0) is 29.8 Å². The molecule has 0 aliphatic heterocycles. The van der Waals surface area contributed by atoms with Crippen LogP contribution in [0.3, 0.4) is 0 Å². The lowest BCUT2D eigenvalue weighted by Gasteiger charge is -2.07. The van der Waals surface area contributed by atoms with Gasteiger partial charge in [0.2, 0.25) is 0 Å². The van der Waals surface area contributed by atoms with Crippen LogP contribution in [0, 0.1) is 0 Å². The number of ether oxygens (including phenoxy) is 1. The Hall–Kier alpha value is -2.36. The van der Waals surface area contributed by atoms with Crippen molar-refractivity contribution < 1.29 is 20.1 Å². The molecule has 88 valence electrons. The van der Waals surface area contributed by atoms with Crippen LogP contribution < -0.4 is 4.74 Å². The fourth-order valence-electron chi connectivity index (χ4n) is 1.41. The second-order valence-electron chi connectivity index (χ2n) is 3.61. The Bertz CT molecular complexity index is 523. The summed E-state index contributed by atoms with van der Waals surface area (Å²) in [5.74, 6) is 0.219. The molecule has 4 nitrogen and oxygen atoms in total. The summed E-state index contributed by atoms with van der Waals surface area (Å²) in [6.07, 6.45) is 0. The first kappa shape index (κ1) is 11.1. The number of hydrogen-bond acceptors (Lipinski definition) is 4. The lowest BCUT2D eigenvalue weighted by Crippen LogP contribution is -1.94. The van der Waals surface area contributed by atoms with E-state index in [1.165, 1.54) is 12.1 Å². The average Bonchev–Trinajstić information content (AvgIpc) is 2.31. The molecule has 2 aromatic rings. The van der Waals surface area contributed by atoms with Gasteiger partial charge >= 0.3 is 0 Å². The highest BCUT2D eigenvalue weighted by atomic mass is 16.5. The minimum Gasteiger partial charge on any atom is -0.508 e. The van der Waals surface area contributed by atoms with Crippen LogP contribution in [0.25, 0.3) is 0 Å². The van der Waals surface area contributed by atoms with E-state index < -0.39 is 0 Å². The van der Waals surface area contributed by atoms with Crippen LogP contribution in [0.15, 0.2) is 42.5 Å². The Morgan fingerprint density at radius 3 is 2.41 bits per heavy atom. The highest BCUT2D eigenvalue weighted by Crippen LogP contribution is 2.29. The molecular formula is C13H12O4. The molecule has 0 radical (unpaired) electrons. The zero-order valence-corrected chi connectivity index (χ0v) is 9.00. The molecule has 0 fully saturated rings. The van der Waals surface area contributed by atoms with Gasteiger partial charge in [-0.15, -0.1) is 0 Å². The predicted octanol–water partition coefficient (Wildman–Crippen LogP) is 2.38. The number of aromatic hydroxyl groups is 3. The van der Waals surface area contributed by atoms with Crippen molar-refractivity contribution in [1.82, 2.24) is 0 Å². The number of phenols is 3. The lowest BCUT2D eigenvalue weighted by atomic mass is 10.2. The summed E-state index contributed by atoms with van der Waals surface area (Å²) in [6.45, 7) is 0.276. The largest absolute Gasteiger partial charge is 0.508 e. The molecule has 2 aromatic carbocycles. The van der Waals surface area contributed by atoms with E-state index >= 15 is 0 Å². The van der Waals surface area contributed by atoms with Gasteiger partial charge in [0.15, 0.2) is 11.5 Å². The van der Waals surface area contributed by atoms with Crippen molar-refractivity contribution in [2.45, 2.75) is 6.61 Å². The maximum Gasteiger partial charge on any atom is 0.161 e.